The lowest BCUT2D eigenvalue weighted by Gasteiger charge is -2.15. The van der Waals surface area contributed by atoms with Gasteiger partial charge in [0.1, 0.15) is 6.10 Å². The first kappa shape index (κ1) is 14.4. The van der Waals surface area contributed by atoms with Crippen LogP contribution in [0.5, 0.6) is 0 Å². The van der Waals surface area contributed by atoms with Crippen LogP contribution in [0.1, 0.15) is 35.2 Å². The van der Waals surface area contributed by atoms with Gasteiger partial charge in [-0.25, -0.2) is 4.79 Å². The molecule has 0 spiro atoms. The monoisotopic (exact) mass is 300 g/mol. The van der Waals surface area contributed by atoms with E-state index in [1.54, 1.807) is 6.07 Å². The van der Waals surface area contributed by atoms with Crippen molar-refractivity contribution < 1.29 is 14.3 Å². The van der Waals surface area contributed by atoms with Crippen molar-refractivity contribution in [2.75, 3.05) is 18.0 Å². The van der Waals surface area contributed by atoms with Gasteiger partial charge < -0.3 is 4.74 Å². The third-order valence-corrected chi connectivity index (χ3v) is 4.03. The topological polar surface area (TPSA) is 95.4 Å². The summed E-state index contributed by atoms with van der Waals surface area (Å²) in [4.78, 5) is 28.3. The van der Waals surface area contributed by atoms with Crippen molar-refractivity contribution in [3.63, 3.8) is 0 Å². The number of Topliss-reactive ketones (excluding diaryl/α,β-unsaturated/α-hetero) is 1. The maximum absolute atomic E-state index is 12.2. The molecule has 1 atom stereocenters. The lowest BCUT2D eigenvalue weighted by Crippen LogP contribution is -2.25. The number of aryl methyl sites for hydroxylation is 1. The third-order valence-electron chi connectivity index (χ3n) is 4.03. The number of fused-ring (bicyclic) bond motifs is 1. The molecular formula is C15H16N4O3. The zero-order chi connectivity index (χ0) is 15.5. The van der Waals surface area contributed by atoms with Crippen molar-refractivity contribution in [2.24, 2.45) is 5.11 Å². The van der Waals surface area contributed by atoms with Crippen LogP contribution in [0.3, 0.4) is 0 Å². The zero-order valence-electron chi connectivity index (χ0n) is 12.1. The third kappa shape index (κ3) is 2.76. The molecule has 0 saturated carbocycles. The summed E-state index contributed by atoms with van der Waals surface area (Å²) in [5.41, 5.74) is 10.7. The second-order valence-electron chi connectivity index (χ2n) is 5.50. The minimum absolute atomic E-state index is 0.114. The summed E-state index contributed by atoms with van der Waals surface area (Å²) in [7, 11) is 0. The molecule has 0 unspecified atom stereocenters. The number of carbonyl (C=O) groups is 2. The number of ether oxygens (including phenoxy) is 1. The highest BCUT2D eigenvalue weighted by atomic mass is 16.6. The van der Waals surface area contributed by atoms with E-state index in [9.17, 15) is 9.59 Å². The fourth-order valence-electron chi connectivity index (χ4n) is 2.90. The lowest BCUT2D eigenvalue weighted by molar-refractivity contribution is 0.0982. The van der Waals surface area contributed by atoms with Gasteiger partial charge >= 0.3 is 6.09 Å². The van der Waals surface area contributed by atoms with Crippen molar-refractivity contribution in [1.82, 2.24) is 0 Å². The summed E-state index contributed by atoms with van der Waals surface area (Å²) >= 11 is 0. The Morgan fingerprint density at radius 2 is 2.14 bits per heavy atom. The molecule has 1 saturated heterocycles. The molecule has 0 aromatic heterocycles. The highest BCUT2D eigenvalue weighted by molar-refractivity contribution is 6.00. The van der Waals surface area contributed by atoms with Crippen molar-refractivity contribution in [1.29, 1.82) is 0 Å². The molecule has 0 radical (unpaired) electrons. The molecule has 1 aromatic carbocycles. The first-order valence-corrected chi connectivity index (χ1v) is 7.34. The Balaban J connectivity index is 1.85. The van der Waals surface area contributed by atoms with Gasteiger partial charge in [0.25, 0.3) is 0 Å². The molecule has 2 aliphatic rings. The quantitative estimate of drug-likeness (QED) is 0.371. The van der Waals surface area contributed by atoms with Gasteiger partial charge in [0.05, 0.1) is 13.1 Å². The molecule has 0 N–H and O–H groups in total. The molecule has 114 valence electrons. The van der Waals surface area contributed by atoms with Crippen molar-refractivity contribution >= 4 is 17.6 Å². The molecule has 1 heterocycles. The smallest absolute Gasteiger partial charge is 0.414 e. The fourth-order valence-corrected chi connectivity index (χ4v) is 2.90. The van der Waals surface area contributed by atoms with Crippen LogP contribution in [0, 0.1) is 0 Å². The van der Waals surface area contributed by atoms with Gasteiger partial charge in [0.15, 0.2) is 5.78 Å². The number of carbonyl (C=O) groups excluding carboxylic acids is 2. The fraction of sp³-hybridized carbons (Fsp3) is 0.467. The molecule has 22 heavy (non-hydrogen) atoms. The van der Waals surface area contributed by atoms with Crippen molar-refractivity contribution in [2.45, 2.75) is 31.8 Å². The van der Waals surface area contributed by atoms with Gasteiger partial charge in [-0.05, 0) is 42.5 Å². The molecule has 7 nitrogen and oxygen atoms in total. The predicted octanol–water partition coefficient (Wildman–Crippen LogP) is 3.23. The summed E-state index contributed by atoms with van der Waals surface area (Å²) in [6, 6.07) is 5.54. The Morgan fingerprint density at radius 1 is 1.32 bits per heavy atom. The van der Waals surface area contributed by atoms with Crippen molar-refractivity contribution in [3.8, 4) is 0 Å². The number of hydrogen-bond donors (Lipinski definition) is 0. The highest BCUT2D eigenvalue weighted by Crippen LogP contribution is 2.28. The normalized spacial score (nSPS) is 20.9. The van der Waals surface area contributed by atoms with Gasteiger partial charge in [-0.2, -0.15) is 0 Å². The summed E-state index contributed by atoms with van der Waals surface area (Å²) < 4.78 is 5.16. The van der Waals surface area contributed by atoms with Crippen LogP contribution in [0.2, 0.25) is 0 Å². The van der Waals surface area contributed by atoms with E-state index in [1.165, 1.54) is 4.90 Å². The number of benzene rings is 1. The van der Waals surface area contributed by atoms with Gasteiger partial charge in [-0.1, -0.05) is 11.2 Å². The number of azide groups is 1. The Kier molecular flexibility index (Phi) is 3.98. The molecule has 1 aliphatic heterocycles. The van der Waals surface area contributed by atoms with E-state index in [0.717, 1.165) is 24.8 Å². The maximum atomic E-state index is 12.2. The molecule has 1 aromatic rings. The molecule has 3 rings (SSSR count). The lowest BCUT2D eigenvalue weighted by atomic mass is 10.0. The van der Waals surface area contributed by atoms with Crippen LogP contribution in [0.4, 0.5) is 10.5 Å². The molecule has 1 amide bonds. The second-order valence-corrected chi connectivity index (χ2v) is 5.50. The predicted molar refractivity (Wildman–Crippen MR) is 80.0 cm³/mol. The van der Waals surface area contributed by atoms with E-state index < -0.39 is 12.2 Å². The largest absolute Gasteiger partial charge is 0.444 e. The first-order valence-electron chi connectivity index (χ1n) is 7.34. The van der Waals surface area contributed by atoms with E-state index in [4.69, 9.17) is 10.3 Å². The maximum Gasteiger partial charge on any atom is 0.414 e. The second kappa shape index (κ2) is 6.07. The van der Waals surface area contributed by atoms with Crippen molar-refractivity contribution in [3.05, 3.63) is 39.8 Å². The van der Waals surface area contributed by atoms with Gasteiger partial charge in [-0.3, -0.25) is 9.69 Å². The highest BCUT2D eigenvalue weighted by Gasteiger charge is 2.32. The van der Waals surface area contributed by atoms with E-state index in [-0.39, 0.29) is 12.3 Å². The van der Waals surface area contributed by atoms with Crippen LogP contribution in [0.25, 0.3) is 10.4 Å². The van der Waals surface area contributed by atoms with Crippen LogP contribution >= 0.6 is 0 Å². The number of ketones is 1. The number of rotatable bonds is 3. The van der Waals surface area contributed by atoms with Gasteiger partial charge in [0, 0.05) is 22.6 Å². The van der Waals surface area contributed by atoms with E-state index >= 15 is 0 Å². The Morgan fingerprint density at radius 3 is 2.95 bits per heavy atom. The Labute approximate surface area is 127 Å². The minimum Gasteiger partial charge on any atom is -0.444 e. The number of hydrogen-bond acceptors (Lipinski definition) is 4. The Hall–Kier alpha value is -2.53. The average Bonchev–Trinajstić information content (AvgIpc) is 2.79. The number of nitrogens with zero attached hydrogens (tertiary/aromatic N) is 4. The van der Waals surface area contributed by atoms with E-state index in [2.05, 4.69) is 10.0 Å². The minimum atomic E-state index is -0.473. The van der Waals surface area contributed by atoms with Crippen LogP contribution in [0.15, 0.2) is 23.3 Å². The SMILES string of the molecule is [N-]=[N+]=NC[C@H]1CN(c2ccc3c(c2)C(=O)CCCC3)C(=O)O1. The van der Waals surface area contributed by atoms with Crippen LogP contribution in [-0.2, 0) is 11.2 Å². The molecule has 1 fully saturated rings. The average molecular weight is 300 g/mol. The summed E-state index contributed by atoms with van der Waals surface area (Å²) in [6.07, 6.45) is 2.45. The van der Waals surface area contributed by atoms with E-state index in [0.29, 0.717) is 24.2 Å². The molecule has 1 aliphatic carbocycles. The Bertz CT molecular complexity index is 667. The molecule has 7 heteroatoms. The summed E-state index contributed by atoms with van der Waals surface area (Å²) in [5.74, 6) is 0.132. The standard InChI is InChI=1S/C15H16N4O3/c16-18-17-8-12-9-19(15(21)22-12)11-6-5-10-3-1-2-4-14(20)13(10)7-11/h5-7,12H,1-4,8-9H2/t12-/m0/s1. The van der Waals surface area contributed by atoms with E-state index in [1.807, 2.05) is 12.1 Å². The summed E-state index contributed by atoms with van der Waals surface area (Å²) in [5, 5.41) is 3.43. The zero-order valence-corrected chi connectivity index (χ0v) is 12.1. The van der Waals surface area contributed by atoms with Crippen LogP contribution in [-0.4, -0.2) is 31.1 Å². The van der Waals surface area contributed by atoms with Gasteiger partial charge in [-0.15, -0.1) is 0 Å². The van der Waals surface area contributed by atoms with Crippen LogP contribution < -0.4 is 4.90 Å². The first-order chi connectivity index (χ1) is 10.7. The molecular weight excluding hydrogens is 284 g/mol. The number of anilines is 1. The molecule has 0 bridgehead atoms. The number of cyclic esters (lactones) is 1. The number of amides is 1. The van der Waals surface area contributed by atoms with Gasteiger partial charge in [0.2, 0.25) is 0 Å². The summed E-state index contributed by atoms with van der Waals surface area (Å²) in [6.45, 7) is 0.438.